The van der Waals surface area contributed by atoms with Gasteiger partial charge in [0.25, 0.3) is 0 Å². The van der Waals surface area contributed by atoms with E-state index in [4.69, 9.17) is 14.2 Å². The number of carbonyl (C=O) groups excluding carboxylic acids is 3. The maximum atomic E-state index is 12.9. The molecule has 77 heavy (non-hydrogen) atoms. The molecule has 0 aliphatic rings. The van der Waals surface area contributed by atoms with E-state index in [1.54, 1.807) is 0 Å². The van der Waals surface area contributed by atoms with Crippen molar-refractivity contribution < 1.29 is 28.6 Å². The summed E-state index contributed by atoms with van der Waals surface area (Å²) in [5, 5.41) is 0. The summed E-state index contributed by atoms with van der Waals surface area (Å²) in [5.74, 6) is -0.912. The Morgan fingerprint density at radius 3 is 0.818 bits per heavy atom. The Balaban J connectivity index is 4.41. The molecule has 0 aromatic rings. The van der Waals surface area contributed by atoms with Crippen LogP contribution in [0.25, 0.3) is 0 Å². The standard InChI is InChI=1S/C71H120O6/c1-4-7-10-13-16-19-22-25-28-30-32-34-35-37-38-40-43-46-49-52-55-58-61-64-70(73)76-67-68(66-75-69(72)63-60-57-54-51-48-45-42-27-24-21-18-15-12-9-6-3)77-71(74)65-62-59-56-53-50-47-44-41-39-36-33-31-29-26-23-20-17-14-11-8-5-2/h8,11,17-18,20-22,25-27,29-30,32-33,35-37,42,68H,4-7,9-10,12-16,19,23-24,28,31,34,38-41,43-67H2,1-3H3/b11-8-,20-17-,21-18-,25-22-,29-26-,32-30-,36-33-,37-35-,42-27-. The van der Waals surface area contributed by atoms with E-state index in [2.05, 4.69) is 130 Å². The molecule has 0 heterocycles. The Morgan fingerprint density at radius 1 is 0.273 bits per heavy atom. The number of ether oxygens (including phenoxy) is 3. The van der Waals surface area contributed by atoms with Crippen molar-refractivity contribution >= 4 is 17.9 Å². The third-order valence-corrected chi connectivity index (χ3v) is 13.7. The van der Waals surface area contributed by atoms with Crippen molar-refractivity contribution in [2.45, 2.75) is 309 Å². The first-order valence-electron chi connectivity index (χ1n) is 32.4. The van der Waals surface area contributed by atoms with Crippen LogP contribution < -0.4 is 0 Å². The lowest BCUT2D eigenvalue weighted by molar-refractivity contribution is -0.167. The highest BCUT2D eigenvalue weighted by Crippen LogP contribution is 2.15. The number of hydrogen-bond acceptors (Lipinski definition) is 6. The lowest BCUT2D eigenvalue weighted by Crippen LogP contribution is -2.30. The second kappa shape index (κ2) is 64.6. The van der Waals surface area contributed by atoms with Gasteiger partial charge >= 0.3 is 17.9 Å². The first-order valence-corrected chi connectivity index (χ1v) is 32.4. The molecule has 0 aliphatic carbocycles. The molecule has 0 saturated carbocycles. The fourth-order valence-corrected chi connectivity index (χ4v) is 8.88. The lowest BCUT2D eigenvalue weighted by atomic mass is 10.1. The third-order valence-electron chi connectivity index (χ3n) is 13.7. The van der Waals surface area contributed by atoms with Crippen LogP contribution in [-0.2, 0) is 28.6 Å². The van der Waals surface area contributed by atoms with Crippen molar-refractivity contribution in [2.75, 3.05) is 13.2 Å². The highest BCUT2D eigenvalue weighted by molar-refractivity contribution is 5.71. The molecule has 0 N–H and O–H groups in total. The van der Waals surface area contributed by atoms with Crippen LogP contribution in [0.4, 0.5) is 0 Å². The highest BCUT2D eigenvalue weighted by atomic mass is 16.6. The largest absolute Gasteiger partial charge is 0.462 e. The van der Waals surface area contributed by atoms with Crippen LogP contribution in [0.1, 0.15) is 303 Å². The van der Waals surface area contributed by atoms with Gasteiger partial charge in [-0.05, 0) is 128 Å². The average Bonchev–Trinajstić information content (AvgIpc) is 3.43. The fourth-order valence-electron chi connectivity index (χ4n) is 8.88. The molecule has 6 heteroatoms. The third kappa shape index (κ3) is 62.8. The molecular weight excluding hydrogens is 949 g/mol. The monoisotopic (exact) mass is 1070 g/mol. The van der Waals surface area contributed by atoms with Gasteiger partial charge in [-0.1, -0.05) is 265 Å². The van der Waals surface area contributed by atoms with Gasteiger partial charge in [0, 0.05) is 19.3 Å². The zero-order valence-electron chi connectivity index (χ0n) is 50.4. The quantitative estimate of drug-likeness (QED) is 0.0261. The van der Waals surface area contributed by atoms with Crippen LogP contribution in [0.2, 0.25) is 0 Å². The number of carbonyl (C=O) groups is 3. The fraction of sp³-hybridized carbons (Fsp3) is 0.704. The SMILES string of the molecule is CC/C=C\C/C=C\C/C=C\C/C=C\CCCCCCCCCCC(=O)OC(COC(=O)CCCCCCC/C=C\C/C=C\CCCCC)COC(=O)CCCCCCCCCC/C=C\C/C=C\C/C=C\CCCCCCC. The Kier molecular flexibility index (Phi) is 61.3. The number of unbranched alkanes of at least 4 members (excludes halogenated alkanes) is 29. The van der Waals surface area contributed by atoms with Crippen molar-refractivity contribution in [3.63, 3.8) is 0 Å². The molecule has 0 rings (SSSR count). The van der Waals surface area contributed by atoms with E-state index in [-0.39, 0.29) is 31.1 Å². The molecule has 440 valence electrons. The van der Waals surface area contributed by atoms with Crippen LogP contribution >= 0.6 is 0 Å². The number of esters is 3. The van der Waals surface area contributed by atoms with Crippen molar-refractivity contribution in [1.29, 1.82) is 0 Å². The van der Waals surface area contributed by atoms with E-state index in [1.807, 2.05) is 0 Å². The first-order chi connectivity index (χ1) is 38.0. The Labute approximate surface area is 476 Å². The molecule has 0 spiro atoms. The van der Waals surface area contributed by atoms with Gasteiger partial charge in [0.05, 0.1) is 0 Å². The number of allylic oxidation sites excluding steroid dienone is 18. The molecule has 0 aliphatic heterocycles. The van der Waals surface area contributed by atoms with Crippen LogP contribution in [0.3, 0.4) is 0 Å². The summed E-state index contributed by atoms with van der Waals surface area (Å²) in [4.78, 5) is 38.4. The summed E-state index contributed by atoms with van der Waals surface area (Å²) in [6, 6.07) is 0. The smallest absolute Gasteiger partial charge is 0.306 e. The maximum absolute atomic E-state index is 12.9. The van der Waals surface area contributed by atoms with E-state index in [0.717, 1.165) is 135 Å². The Hall–Kier alpha value is -3.93. The summed E-state index contributed by atoms with van der Waals surface area (Å²) >= 11 is 0. The van der Waals surface area contributed by atoms with Crippen LogP contribution in [-0.4, -0.2) is 37.2 Å². The molecule has 6 nitrogen and oxygen atoms in total. The predicted octanol–water partition coefficient (Wildman–Crippen LogP) is 22.2. The van der Waals surface area contributed by atoms with Gasteiger partial charge in [-0.3, -0.25) is 14.4 Å². The van der Waals surface area contributed by atoms with Crippen molar-refractivity contribution in [2.24, 2.45) is 0 Å². The summed E-state index contributed by atoms with van der Waals surface area (Å²) in [6.45, 7) is 6.49. The van der Waals surface area contributed by atoms with E-state index >= 15 is 0 Å². The minimum Gasteiger partial charge on any atom is -0.462 e. The van der Waals surface area contributed by atoms with E-state index < -0.39 is 6.10 Å². The molecule has 0 aromatic heterocycles. The molecule has 0 amide bonds. The highest BCUT2D eigenvalue weighted by Gasteiger charge is 2.19. The first kappa shape index (κ1) is 73.1. The zero-order valence-corrected chi connectivity index (χ0v) is 50.4. The van der Waals surface area contributed by atoms with E-state index in [9.17, 15) is 14.4 Å². The van der Waals surface area contributed by atoms with Gasteiger partial charge < -0.3 is 14.2 Å². The molecule has 0 fully saturated rings. The van der Waals surface area contributed by atoms with Crippen molar-refractivity contribution in [1.82, 2.24) is 0 Å². The van der Waals surface area contributed by atoms with Gasteiger partial charge in [-0.25, -0.2) is 0 Å². The minimum atomic E-state index is -0.795. The summed E-state index contributed by atoms with van der Waals surface area (Å²) < 4.78 is 16.9. The predicted molar refractivity (Wildman–Crippen MR) is 334 cm³/mol. The Morgan fingerprint density at radius 2 is 0.506 bits per heavy atom. The molecule has 0 bridgehead atoms. The molecule has 0 saturated heterocycles. The topological polar surface area (TPSA) is 78.9 Å². The van der Waals surface area contributed by atoms with Crippen molar-refractivity contribution in [3.05, 3.63) is 109 Å². The number of hydrogen-bond donors (Lipinski definition) is 0. The van der Waals surface area contributed by atoms with Gasteiger partial charge in [0.2, 0.25) is 0 Å². The molecule has 1 unspecified atom stereocenters. The summed E-state index contributed by atoms with van der Waals surface area (Å²) in [5.41, 5.74) is 0. The average molecular weight is 1070 g/mol. The number of rotatable bonds is 58. The minimum absolute atomic E-state index is 0.0906. The van der Waals surface area contributed by atoms with Crippen LogP contribution in [0.5, 0.6) is 0 Å². The van der Waals surface area contributed by atoms with E-state index in [1.165, 1.54) is 128 Å². The molecule has 0 aromatic carbocycles. The maximum Gasteiger partial charge on any atom is 0.306 e. The van der Waals surface area contributed by atoms with Crippen LogP contribution in [0.15, 0.2) is 109 Å². The second-order valence-electron chi connectivity index (χ2n) is 21.3. The van der Waals surface area contributed by atoms with Gasteiger partial charge in [0.1, 0.15) is 13.2 Å². The zero-order chi connectivity index (χ0) is 55.7. The normalized spacial score (nSPS) is 12.8. The second-order valence-corrected chi connectivity index (χ2v) is 21.3. The van der Waals surface area contributed by atoms with Gasteiger partial charge in [0.15, 0.2) is 6.10 Å². The molecule has 1 atom stereocenters. The van der Waals surface area contributed by atoms with Gasteiger partial charge in [-0.15, -0.1) is 0 Å². The van der Waals surface area contributed by atoms with E-state index in [0.29, 0.717) is 19.3 Å². The lowest BCUT2D eigenvalue weighted by Gasteiger charge is -2.18. The van der Waals surface area contributed by atoms with Gasteiger partial charge in [-0.2, -0.15) is 0 Å². The summed E-state index contributed by atoms with van der Waals surface area (Å²) in [6.07, 6.45) is 88.0. The van der Waals surface area contributed by atoms with Crippen LogP contribution in [0, 0.1) is 0 Å². The van der Waals surface area contributed by atoms with Crippen molar-refractivity contribution in [3.8, 4) is 0 Å². The Bertz CT molecular complexity index is 1560. The summed E-state index contributed by atoms with van der Waals surface area (Å²) in [7, 11) is 0. The molecule has 0 radical (unpaired) electrons. The molecular formula is C71H120O6.